The van der Waals surface area contributed by atoms with E-state index in [2.05, 4.69) is 4.99 Å². The number of hydrogen-bond acceptors (Lipinski definition) is 2. The van der Waals surface area contributed by atoms with Gasteiger partial charge in [-0.15, -0.1) is 0 Å². The lowest BCUT2D eigenvalue weighted by Crippen LogP contribution is -2.41. The quantitative estimate of drug-likeness (QED) is 0.595. The number of hydrogen-bond donors (Lipinski definition) is 0. The predicted molar refractivity (Wildman–Crippen MR) is 54.8 cm³/mol. The van der Waals surface area contributed by atoms with Gasteiger partial charge >= 0.3 is 12.4 Å². The van der Waals surface area contributed by atoms with Crippen LogP contribution in [0.5, 0.6) is 0 Å². The molecule has 0 fully saturated rings. The lowest BCUT2D eigenvalue weighted by atomic mass is 10.0. The molecule has 8 heteroatoms. The number of nitriles is 1. The van der Waals surface area contributed by atoms with Crippen LogP contribution in [0.1, 0.15) is 0 Å². The molecule has 0 aliphatic heterocycles. The van der Waals surface area contributed by atoms with Crippen LogP contribution in [-0.2, 0) is 0 Å². The van der Waals surface area contributed by atoms with Gasteiger partial charge in [-0.05, 0) is 12.1 Å². The van der Waals surface area contributed by atoms with Crippen LogP contribution in [0.15, 0.2) is 35.3 Å². The normalized spacial score (nSPS) is 13.5. The van der Waals surface area contributed by atoms with Crippen LogP contribution in [0.4, 0.5) is 32.0 Å². The van der Waals surface area contributed by atoms with Gasteiger partial charge in [0.05, 0.1) is 5.69 Å². The van der Waals surface area contributed by atoms with E-state index in [0.717, 1.165) is 6.07 Å². The monoisotopic (exact) mass is 280 g/mol. The first kappa shape index (κ1) is 15.0. The maximum atomic E-state index is 12.4. The van der Waals surface area contributed by atoms with Gasteiger partial charge < -0.3 is 0 Å². The van der Waals surface area contributed by atoms with Gasteiger partial charge in [-0.2, -0.15) is 31.6 Å². The number of alkyl halides is 6. The first-order chi connectivity index (χ1) is 8.66. The Balaban J connectivity index is 3.28. The summed E-state index contributed by atoms with van der Waals surface area (Å²) in [6.45, 7) is 0. The molecule has 19 heavy (non-hydrogen) atoms. The van der Waals surface area contributed by atoms with E-state index >= 15 is 0 Å². The van der Waals surface area contributed by atoms with Crippen molar-refractivity contribution in [1.82, 2.24) is 0 Å². The molecule has 0 spiro atoms. The molecule has 1 aromatic carbocycles. The number of benzene rings is 1. The number of nitrogens with zero attached hydrogens (tertiary/aromatic N) is 2. The van der Waals surface area contributed by atoms with Crippen molar-refractivity contribution in [2.75, 3.05) is 0 Å². The summed E-state index contributed by atoms with van der Waals surface area (Å²) < 4.78 is 74.4. The molecule has 0 bridgehead atoms. The number of halogens is 6. The Morgan fingerprint density at radius 1 is 1.00 bits per heavy atom. The minimum absolute atomic E-state index is 0.155. The van der Waals surface area contributed by atoms with Crippen molar-refractivity contribution < 1.29 is 26.3 Å². The van der Waals surface area contributed by atoms with Crippen LogP contribution < -0.4 is 0 Å². The van der Waals surface area contributed by atoms with E-state index in [1.54, 1.807) is 0 Å². The standard InChI is InChI=1S/C11H6F6N2/c12-10(13,14)9(11(15,16)17)8(6-18)19-7-4-2-1-3-5-7/h1-5,9H. The zero-order valence-electron chi connectivity index (χ0n) is 9.13. The van der Waals surface area contributed by atoms with Crippen LogP contribution >= 0.6 is 0 Å². The molecule has 1 aromatic rings. The molecule has 0 atom stereocenters. The average Bonchev–Trinajstić information content (AvgIpc) is 2.25. The highest BCUT2D eigenvalue weighted by atomic mass is 19.4. The van der Waals surface area contributed by atoms with Crippen LogP contribution in [0, 0.1) is 17.2 Å². The summed E-state index contributed by atoms with van der Waals surface area (Å²) in [7, 11) is 0. The molecule has 0 saturated heterocycles. The van der Waals surface area contributed by atoms with Crippen molar-refractivity contribution >= 4 is 11.4 Å². The van der Waals surface area contributed by atoms with E-state index in [1.165, 1.54) is 30.3 Å². The summed E-state index contributed by atoms with van der Waals surface area (Å²) >= 11 is 0. The molecular formula is C11H6F6N2. The van der Waals surface area contributed by atoms with Crippen molar-refractivity contribution in [1.29, 1.82) is 5.26 Å². The van der Waals surface area contributed by atoms with Gasteiger partial charge in [0.15, 0.2) is 0 Å². The average molecular weight is 280 g/mol. The van der Waals surface area contributed by atoms with Gasteiger partial charge in [0.1, 0.15) is 11.8 Å². The third-order valence-electron chi connectivity index (χ3n) is 2.05. The molecule has 0 heterocycles. The lowest BCUT2D eigenvalue weighted by Gasteiger charge is -2.21. The highest BCUT2D eigenvalue weighted by Crippen LogP contribution is 2.40. The zero-order chi connectivity index (χ0) is 14.7. The molecule has 0 N–H and O–H groups in total. The maximum absolute atomic E-state index is 12.4. The maximum Gasteiger partial charge on any atom is 0.406 e. The first-order valence-corrected chi connectivity index (χ1v) is 4.83. The Kier molecular flexibility index (Phi) is 4.19. The van der Waals surface area contributed by atoms with Gasteiger partial charge in [0.2, 0.25) is 5.92 Å². The molecule has 102 valence electrons. The Morgan fingerprint density at radius 2 is 1.47 bits per heavy atom. The van der Waals surface area contributed by atoms with E-state index in [9.17, 15) is 26.3 Å². The molecule has 2 nitrogen and oxygen atoms in total. The number of rotatable bonds is 2. The van der Waals surface area contributed by atoms with Gasteiger partial charge in [-0.3, -0.25) is 0 Å². The fourth-order valence-corrected chi connectivity index (χ4v) is 1.29. The highest BCUT2D eigenvalue weighted by molar-refractivity contribution is 6.02. The fourth-order valence-electron chi connectivity index (χ4n) is 1.29. The van der Waals surface area contributed by atoms with Crippen molar-refractivity contribution in [3.63, 3.8) is 0 Å². The minimum Gasteiger partial charge on any atom is -0.241 e. The Hall–Kier alpha value is -2.04. The van der Waals surface area contributed by atoms with Crippen LogP contribution in [0.25, 0.3) is 0 Å². The second-order valence-corrected chi connectivity index (χ2v) is 3.46. The molecule has 0 aliphatic rings. The number of aliphatic imine (C=N–C) groups is 1. The SMILES string of the molecule is N#CC(=Nc1ccccc1)C(C(F)(F)F)C(F)(F)F. The van der Waals surface area contributed by atoms with E-state index < -0.39 is 24.0 Å². The first-order valence-electron chi connectivity index (χ1n) is 4.83. The Labute approximate surface area is 104 Å². The lowest BCUT2D eigenvalue weighted by molar-refractivity contribution is -0.260. The van der Waals surface area contributed by atoms with Crippen LogP contribution in [0.3, 0.4) is 0 Å². The van der Waals surface area contributed by atoms with Crippen molar-refractivity contribution in [3.05, 3.63) is 30.3 Å². The second kappa shape index (κ2) is 5.30. The van der Waals surface area contributed by atoms with Gasteiger partial charge in [0.25, 0.3) is 0 Å². The minimum atomic E-state index is -5.62. The largest absolute Gasteiger partial charge is 0.406 e. The molecule has 1 rings (SSSR count). The Bertz CT molecular complexity index is 481. The van der Waals surface area contributed by atoms with E-state index in [4.69, 9.17) is 5.26 Å². The summed E-state index contributed by atoms with van der Waals surface area (Å²) in [5.41, 5.74) is -1.79. The smallest absolute Gasteiger partial charge is 0.241 e. The summed E-state index contributed by atoms with van der Waals surface area (Å²) in [4.78, 5) is 3.13. The molecule has 0 aromatic heterocycles. The van der Waals surface area contributed by atoms with Crippen molar-refractivity contribution in [3.8, 4) is 6.07 Å². The second-order valence-electron chi connectivity index (χ2n) is 3.46. The van der Waals surface area contributed by atoms with Gasteiger partial charge in [0, 0.05) is 0 Å². The zero-order valence-corrected chi connectivity index (χ0v) is 9.13. The number of para-hydroxylation sites is 1. The van der Waals surface area contributed by atoms with Crippen molar-refractivity contribution in [2.24, 2.45) is 10.9 Å². The van der Waals surface area contributed by atoms with Gasteiger partial charge in [-0.1, -0.05) is 18.2 Å². The summed E-state index contributed by atoms with van der Waals surface area (Å²) in [5.74, 6) is -3.88. The molecular weight excluding hydrogens is 274 g/mol. The summed E-state index contributed by atoms with van der Waals surface area (Å²) in [5, 5.41) is 8.50. The summed E-state index contributed by atoms with van der Waals surface area (Å²) in [6.07, 6.45) is -11.2. The van der Waals surface area contributed by atoms with Crippen LogP contribution in [-0.4, -0.2) is 18.1 Å². The third kappa shape index (κ3) is 3.98. The molecule has 0 unspecified atom stereocenters. The highest BCUT2D eigenvalue weighted by Gasteiger charge is 2.59. The predicted octanol–water partition coefficient (Wildman–Crippen LogP) is 4.02. The molecule has 0 aliphatic carbocycles. The fraction of sp³-hybridized carbons (Fsp3) is 0.273. The molecule has 0 radical (unpaired) electrons. The van der Waals surface area contributed by atoms with E-state index in [-0.39, 0.29) is 5.69 Å². The molecule has 0 saturated carbocycles. The molecule has 0 amide bonds. The topological polar surface area (TPSA) is 36.1 Å². The van der Waals surface area contributed by atoms with E-state index in [0.29, 0.717) is 0 Å². The Morgan fingerprint density at radius 3 is 1.84 bits per heavy atom. The van der Waals surface area contributed by atoms with Crippen LogP contribution in [0.2, 0.25) is 0 Å². The van der Waals surface area contributed by atoms with E-state index in [1.807, 2.05) is 0 Å². The van der Waals surface area contributed by atoms with Gasteiger partial charge in [-0.25, -0.2) is 4.99 Å². The van der Waals surface area contributed by atoms with Crippen molar-refractivity contribution in [2.45, 2.75) is 12.4 Å². The summed E-state index contributed by atoms with van der Waals surface area (Å²) in [6, 6.07) is 7.53. The third-order valence-corrected chi connectivity index (χ3v) is 2.05.